The first kappa shape index (κ1) is 74.1. The van der Waals surface area contributed by atoms with Gasteiger partial charge in [-0.3, -0.25) is 14.4 Å². The number of hydrogen-bond acceptors (Lipinski definition) is 6. The van der Waals surface area contributed by atoms with Crippen LogP contribution < -0.4 is 0 Å². The van der Waals surface area contributed by atoms with Crippen molar-refractivity contribution in [2.45, 2.75) is 361 Å². The van der Waals surface area contributed by atoms with E-state index in [9.17, 15) is 14.4 Å². The Hall–Kier alpha value is -2.89. The Labute approximate surface area is 479 Å². The van der Waals surface area contributed by atoms with Crippen LogP contribution in [0.5, 0.6) is 0 Å². The van der Waals surface area contributed by atoms with Gasteiger partial charge in [0, 0.05) is 19.3 Å². The van der Waals surface area contributed by atoms with Crippen LogP contribution in [0.3, 0.4) is 0 Å². The normalized spacial score (nSPS) is 12.4. The minimum absolute atomic E-state index is 0.0796. The molecule has 1 atom stereocenters. The maximum absolute atomic E-state index is 12.9. The highest BCUT2D eigenvalue weighted by Crippen LogP contribution is 2.17. The van der Waals surface area contributed by atoms with Gasteiger partial charge in [0.1, 0.15) is 13.2 Å². The van der Waals surface area contributed by atoms with Gasteiger partial charge in [-0.15, -0.1) is 0 Å². The van der Waals surface area contributed by atoms with Crippen LogP contribution in [0.4, 0.5) is 0 Å². The molecule has 0 N–H and O–H groups in total. The average molecular weight is 1080 g/mol. The van der Waals surface area contributed by atoms with Gasteiger partial charge in [0.25, 0.3) is 0 Å². The molecule has 0 saturated carbocycles. The van der Waals surface area contributed by atoms with Crippen LogP contribution in [0, 0.1) is 0 Å². The third-order valence-electron chi connectivity index (χ3n) is 15.0. The molecule has 6 nitrogen and oxygen atoms in total. The number of unbranched alkanes of at least 4 members (excludes halogenated alkanes) is 41. The molecule has 0 heterocycles. The fourth-order valence-electron chi connectivity index (χ4n) is 9.89. The van der Waals surface area contributed by atoms with Crippen molar-refractivity contribution >= 4 is 17.9 Å². The predicted octanol–water partition coefficient (Wildman–Crippen LogP) is 23.1. The zero-order valence-corrected chi connectivity index (χ0v) is 51.5. The van der Waals surface area contributed by atoms with E-state index in [2.05, 4.69) is 81.5 Å². The lowest BCUT2D eigenvalue weighted by molar-refractivity contribution is -0.167. The highest BCUT2D eigenvalue weighted by Gasteiger charge is 2.19. The lowest BCUT2D eigenvalue weighted by atomic mass is 10.0. The lowest BCUT2D eigenvalue weighted by Crippen LogP contribution is -2.30. The second kappa shape index (κ2) is 65.6. The van der Waals surface area contributed by atoms with Crippen molar-refractivity contribution in [2.24, 2.45) is 0 Å². The molecule has 0 aliphatic carbocycles. The summed E-state index contributed by atoms with van der Waals surface area (Å²) in [6.45, 7) is 6.65. The number of esters is 3. The van der Waals surface area contributed by atoms with E-state index in [1.165, 1.54) is 218 Å². The molecule has 0 fully saturated rings. The summed E-state index contributed by atoms with van der Waals surface area (Å²) in [5.41, 5.74) is 0. The molecule has 448 valence electrons. The molecule has 0 aliphatic rings. The molecular weight excluding hydrogens is 949 g/mol. The molecule has 0 aromatic heterocycles. The van der Waals surface area contributed by atoms with Crippen LogP contribution in [0.25, 0.3) is 0 Å². The summed E-state index contributed by atoms with van der Waals surface area (Å²) >= 11 is 0. The first-order chi connectivity index (χ1) is 38.0. The number of allylic oxidation sites excluding steroid dienone is 10. The lowest BCUT2D eigenvalue weighted by Gasteiger charge is -2.18. The first-order valence-electron chi connectivity index (χ1n) is 33.8. The van der Waals surface area contributed by atoms with Gasteiger partial charge in [-0.2, -0.15) is 0 Å². The summed E-state index contributed by atoms with van der Waals surface area (Å²) in [5, 5.41) is 0. The van der Waals surface area contributed by atoms with Gasteiger partial charge in [0.15, 0.2) is 6.10 Å². The van der Waals surface area contributed by atoms with E-state index in [1.807, 2.05) is 0 Å². The Kier molecular flexibility index (Phi) is 63.2. The SMILES string of the molecule is CCCCCC/C=C\C/C=C\CCCCCCCC(=O)OCC(COC(=O)CCCCCCCCCC/C=C\C/C=C\C/C=C\CCCCCCC)OC(=O)CCCCCCCCCCCCCCCCCCCCCC. The molecule has 0 aliphatic heterocycles. The molecule has 0 amide bonds. The first-order valence-corrected chi connectivity index (χ1v) is 33.8. The van der Waals surface area contributed by atoms with E-state index in [4.69, 9.17) is 14.2 Å². The van der Waals surface area contributed by atoms with Gasteiger partial charge >= 0.3 is 17.9 Å². The quantitative estimate of drug-likeness (QED) is 0.0261. The molecule has 1 unspecified atom stereocenters. The molecule has 0 bridgehead atoms. The zero-order valence-electron chi connectivity index (χ0n) is 51.5. The molecule has 0 saturated heterocycles. The van der Waals surface area contributed by atoms with Crippen LogP contribution in [0.15, 0.2) is 60.8 Å². The number of hydrogen-bond donors (Lipinski definition) is 0. The Morgan fingerprint density at radius 3 is 0.740 bits per heavy atom. The summed E-state index contributed by atoms with van der Waals surface area (Å²) in [4.78, 5) is 38.4. The molecule has 0 aromatic carbocycles. The summed E-state index contributed by atoms with van der Waals surface area (Å²) in [6, 6.07) is 0. The fourth-order valence-corrected chi connectivity index (χ4v) is 9.89. The van der Waals surface area contributed by atoms with E-state index in [0.717, 1.165) is 96.3 Å². The summed E-state index contributed by atoms with van der Waals surface area (Å²) < 4.78 is 17.0. The maximum Gasteiger partial charge on any atom is 0.306 e. The van der Waals surface area contributed by atoms with Gasteiger partial charge in [-0.05, 0) is 89.9 Å². The van der Waals surface area contributed by atoms with Crippen LogP contribution in [-0.4, -0.2) is 37.2 Å². The van der Waals surface area contributed by atoms with Gasteiger partial charge < -0.3 is 14.2 Å². The van der Waals surface area contributed by atoms with Crippen LogP contribution >= 0.6 is 0 Å². The fraction of sp³-hybridized carbons (Fsp3) is 0.817. The van der Waals surface area contributed by atoms with E-state index < -0.39 is 6.10 Å². The Bertz CT molecular complexity index is 1380. The van der Waals surface area contributed by atoms with Crippen molar-refractivity contribution in [3.05, 3.63) is 60.8 Å². The topological polar surface area (TPSA) is 78.9 Å². The predicted molar refractivity (Wildman–Crippen MR) is 335 cm³/mol. The highest BCUT2D eigenvalue weighted by atomic mass is 16.6. The number of rotatable bonds is 62. The molecule has 6 heteroatoms. The summed E-state index contributed by atoms with van der Waals surface area (Å²) in [7, 11) is 0. The molecule has 77 heavy (non-hydrogen) atoms. The van der Waals surface area contributed by atoms with Gasteiger partial charge in [0.05, 0.1) is 0 Å². The molecule has 0 spiro atoms. The van der Waals surface area contributed by atoms with Crippen LogP contribution in [0.1, 0.15) is 355 Å². The van der Waals surface area contributed by atoms with Gasteiger partial charge in [-0.25, -0.2) is 0 Å². The van der Waals surface area contributed by atoms with E-state index in [1.54, 1.807) is 0 Å². The standard InChI is InChI=1S/C71H128O6/c1-4-7-10-13-16-19-22-25-28-31-33-35-36-37-39-40-43-46-49-52-55-58-61-64-70(73)76-67-68(66-75-69(72)63-60-57-54-51-48-45-42-30-27-24-21-18-15-12-9-6-3)77-71(74)65-62-59-56-53-50-47-44-41-38-34-32-29-26-23-20-17-14-11-8-5-2/h21-22,24-25,30-31,33,36-37,42,68H,4-20,23,26-29,32,34-35,38-41,43-67H2,1-3H3/b24-21-,25-22-,33-31-,37-36-,42-30-. The van der Waals surface area contributed by atoms with Crippen molar-refractivity contribution in [2.75, 3.05) is 13.2 Å². The van der Waals surface area contributed by atoms with Crippen LogP contribution in [-0.2, 0) is 28.6 Å². The minimum atomic E-state index is -0.783. The highest BCUT2D eigenvalue weighted by molar-refractivity contribution is 5.71. The number of carbonyl (C=O) groups is 3. The van der Waals surface area contributed by atoms with E-state index in [-0.39, 0.29) is 31.1 Å². The average Bonchev–Trinajstić information content (AvgIpc) is 3.43. The molecular formula is C71H128O6. The van der Waals surface area contributed by atoms with Gasteiger partial charge in [-0.1, -0.05) is 306 Å². The maximum atomic E-state index is 12.9. The third-order valence-corrected chi connectivity index (χ3v) is 15.0. The van der Waals surface area contributed by atoms with Crippen molar-refractivity contribution < 1.29 is 28.6 Å². The van der Waals surface area contributed by atoms with Crippen molar-refractivity contribution in [3.63, 3.8) is 0 Å². The van der Waals surface area contributed by atoms with E-state index >= 15 is 0 Å². The smallest absolute Gasteiger partial charge is 0.306 e. The Balaban J connectivity index is 4.36. The van der Waals surface area contributed by atoms with E-state index in [0.29, 0.717) is 19.3 Å². The van der Waals surface area contributed by atoms with Crippen molar-refractivity contribution in [1.29, 1.82) is 0 Å². The summed E-state index contributed by atoms with van der Waals surface area (Å²) in [6.07, 6.45) is 83.7. The largest absolute Gasteiger partial charge is 0.462 e. The zero-order chi connectivity index (χ0) is 55.7. The molecule has 0 radical (unpaired) electrons. The monoisotopic (exact) mass is 1080 g/mol. The van der Waals surface area contributed by atoms with Crippen molar-refractivity contribution in [3.8, 4) is 0 Å². The Morgan fingerprint density at radius 2 is 0.468 bits per heavy atom. The Morgan fingerprint density at radius 1 is 0.260 bits per heavy atom. The van der Waals surface area contributed by atoms with Gasteiger partial charge in [0.2, 0.25) is 0 Å². The molecule has 0 aromatic rings. The number of carbonyl (C=O) groups excluding carboxylic acids is 3. The second-order valence-electron chi connectivity index (χ2n) is 22.7. The van der Waals surface area contributed by atoms with Crippen molar-refractivity contribution in [1.82, 2.24) is 0 Å². The van der Waals surface area contributed by atoms with Crippen LogP contribution in [0.2, 0.25) is 0 Å². The summed E-state index contributed by atoms with van der Waals surface area (Å²) in [5.74, 6) is -0.878. The number of ether oxygens (including phenoxy) is 3. The molecule has 0 rings (SSSR count). The third kappa shape index (κ3) is 63.8. The minimum Gasteiger partial charge on any atom is -0.462 e. The second-order valence-corrected chi connectivity index (χ2v) is 22.7.